The molecule has 1 amide bonds. The number of carbonyl (C=O) groups excluding carboxylic acids is 1. The van der Waals surface area contributed by atoms with Gasteiger partial charge < -0.3 is 19.5 Å². The Morgan fingerprint density at radius 2 is 1.74 bits per heavy atom. The van der Waals surface area contributed by atoms with Crippen LogP contribution >= 0.6 is 11.3 Å². The molecule has 34 heavy (non-hydrogen) atoms. The lowest BCUT2D eigenvalue weighted by molar-refractivity contribution is -0.116. The Labute approximate surface area is 206 Å². The normalized spacial score (nSPS) is 10.7. The second kappa shape index (κ2) is 13.0. The van der Waals surface area contributed by atoms with Gasteiger partial charge in [0.2, 0.25) is 5.91 Å². The lowest BCUT2D eigenvalue weighted by Crippen LogP contribution is -2.12. The van der Waals surface area contributed by atoms with Crippen molar-refractivity contribution in [2.75, 3.05) is 25.1 Å². The van der Waals surface area contributed by atoms with Crippen molar-refractivity contribution in [3.63, 3.8) is 0 Å². The summed E-state index contributed by atoms with van der Waals surface area (Å²) in [6.07, 6.45) is 3.05. The predicted molar refractivity (Wildman–Crippen MR) is 138 cm³/mol. The molecule has 0 saturated heterocycles. The fraction of sp³-hybridized carbons (Fsp3) is 0.407. The Balaban J connectivity index is 1.58. The number of hydrogen-bond acceptors (Lipinski definition) is 6. The summed E-state index contributed by atoms with van der Waals surface area (Å²) in [6, 6.07) is 13.7. The SMILES string of the molecule is CCCCOc1ccc(CCC(=O)Nc2nc(-c3ccc(OCC)cc3)c(C)s2)cc1OCC. The van der Waals surface area contributed by atoms with Crippen molar-refractivity contribution in [1.29, 1.82) is 0 Å². The van der Waals surface area contributed by atoms with Gasteiger partial charge in [0.1, 0.15) is 5.75 Å². The number of nitrogens with one attached hydrogen (secondary N) is 1. The first-order valence-electron chi connectivity index (χ1n) is 11.9. The maximum absolute atomic E-state index is 12.6. The fourth-order valence-electron chi connectivity index (χ4n) is 3.46. The van der Waals surface area contributed by atoms with Crippen molar-refractivity contribution in [2.45, 2.75) is 53.4 Å². The van der Waals surface area contributed by atoms with E-state index in [4.69, 9.17) is 14.2 Å². The quantitative estimate of drug-likeness (QED) is 0.276. The largest absolute Gasteiger partial charge is 0.494 e. The topological polar surface area (TPSA) is 69.7 Å². The Hall–Kier alpha value is -3.06. The van der Waals surface area contributed by atoms with Gasteiger partial charge in [-0.1, -0.05) is 19.4 Å². The van der Waals surface area contributed by atoms with Gasteiger partial charge in [0.25, 0.3) is 0 Å². The predicted octanol–water partition coefficient (Wildman–Crippen LogP) is 6.67. The monoisotopic (exact) mass is 482 g/mol. The molecule has 0 aliphatic carbocycles. The van der Waals surface area contributed by atoms with Crippen LogP contribution in [-0.4, -0.2) is 30.7 Å². The number of hydrogen-bond donors (Lipinski definition) is 1. The molecule has 1 aromatic heterocycles. The van der Waals surface area contributed by atoms with Crippen LogP contribution in [0.25, 0.3) is 11.3 Å². The molecule has 0 spiro atoms. The second-order valence-electron chi connectivity index (χ2n) is 7.85. The van der Waals surface area contributed by atoms with E-state index in [1.807, 2.05) is 63.2 Å². The molecule has 0 radical (unpaired) electrons. The Kier molecular flexibility index (Phi) is 9.76. The summed E-state index contributed by atoms with van der Waals surface area (Å²) in [4.78, 5) is 18.3. The molecule has 0 fully saturated rings. The number of unbranched alkanes of at least 4 members (excludes halogenated alkanes) is 1. The van der Waals surface area contributed by atoms with E-state index in [1.165, 1.54) is 11.3 Å². The maximum Gasteiger partial charge on any atom is 0.226 e. The van der Waals surface area contributed by atoms with E-state index in [9.17, 15) is 4.79 Å². The zero-order valence-corrected chi connectivity index (χ0v) is 21.3. The van der Waals surface area contributed by atoms with E-state index < -0.39 is 0 Å². The van der Waals surface area contributed by atoms with Gasteiger partial charge in [0, 0.05) is 16.9 Å². The molecule has 0 aliphatic rings. The van der Waals surface area contributed by atoms with Crippen LogP contribution in [0.15, 0.2) is 42.5 Å². The van der Waals surface area contributed by atoms with E-state index >= 15 is 0 Å². The molecule has 3 aromatic rings. The van der Waals surface area contributed by atoms with Gasteiger partial charge in [-0.05, 0) is 75.6 Å². The number of nitrogens with zero attached hydrogens (tertiary/aromatic N) is 1. The number of ether oxygens (including phenoxy) is 3. The van der Waals surface area contributed by atoms with Crippen LogP contribution in [-0.2, 0) is 11.2 Å². The van der Waals surface area contributed by atoms with Crippen molar-refractivity contribution in [2.24, 2.45) is 0 Å². The summed E-state index contributed by atoms with van der Waals surface area (Å²) in [6.45, 7) is 9.93. The highest BCUT2D eigenvalue weighted by Crippen LogP contribution is 2.32. The van der Waals surface area contributed by atoms with E-state index in [2.05, 4.69) is 17.2 Å². The molecule has 2 aromatic carbocycles. The van der Waals surface area contributed by atoms with E-state index in [0.717, 1.165) is 51.8 Å². The molecule has 7 heteroatoms. The van der Waals surface area contributed by atoms with E-state index in [0.29, 0.717) is 37.8 Å². The van der Waals surface area contributed by atoms with Crippen LogP contribution in [0.3, 0.4) is 0 Å². The van der Waals surface area contributed by atoms with Crippen molar-refractivity contribution in [3.05, 3.63) is 52.9 Å². The van der Waals surface area contributed by atoms with Crippen molar-refractivity contribution in [1.82, 2.24) is 4.98 Å². The van der Waals surface area contributed by atoms with Gasteiger partial charge in [-0.15, -0.1) is 11.3 Å². The minimum Gasteiger partial charge on any atom is -0.494 e. The lowest BCUT2D eigenvalue weighted by atomic mass is 10.1. The molecular formula is C27H34N2O4S. The van der Waals surface area contributed by atoms with Gasteiger partial charge in [-0.3, -0.25) is 4.79 Å². The third-order valence-electron chi connectivity index (χ3n) is 5.19. The zero-order valence-electron chi connectivity index (χ0n) is 20.5. The first kappa shape index (κ1) is 25.6. The number of amides is 1. The highest BCUT2D eigenvalue weighted by Gasteiger charge is 2.13. The van der Waals surface area contributed by atoms with Gasteiger partial charge in [-0.25, -0.2) is 4.98 Å². The highest BCUT2D eigenvalue weighted by molar-refractivity contribution is 7.16. The smallest absolute Gasteiger partial charge is 0.226 e. The standard InChI is InChI=1S/C27H34N2O4S/c1-5-8-17-33-23-15-9-20(18-24(23)32-7-3)10-16-25(30)28-27-29-26(19(4)34-27)21-11-13-22(14-12-21)31-6-2/h9,11-15,18H,5-8,10,16-17H2,1-4H3,(H,28,29,30). The second-order valence-corrected chi connectivity index (χ2v) is 9.05. The molecule has 0 unspecified atom stereocenters. The molecule has 1 heterocycles. The molecule has 0 bridgehead atoms. The summed E-state index contributed by atoms with van der Waals surface area (Å²) in [5.74, 6) is 2.25. The number of benzene rings is 2. The Morgan fingerprint density at radius 3 is 2.44 bits per heavy atom. The zero-order chi connectivity index (χ0) is 24.3. The minimum absolute atomic E-state index is 0.0618. The van der Waals surface area contributed by atoms with Gasteiger partial charge in [0.05, 0.1) is 25.5 Å². The van der Waals surface area contributed by atoms with Gasteiger partial charge in [0.15, 0.2) is 16.6 Å². The molecule has 0 aliphatic heterocycles. The first-order valence-corrected chi connectivity index (χ1v) is 12.7. The van der Waals surface area contributed by atoms with Crippen LogP contribution < -0.4 is 19.5 Å². The lowest BCUT2D eigenvalue weighted by Gasteiger charge is -2.13. The van der Waals surface area contributed by atoms with Crippen LogP contribution in [0.5, 0.6) is 17.2 Å². The number of carbonyl (C=O) groups is 1. The third-order valence-corrected chi connectivity index (χ3v) is 6.07. The molecule has 6 nitrogen and oxygen atoms in total. The van der Waals surface area contributed by atoms with E-state index in [1.54, 1.807) is 0 Å². The van der Waals surface area contributed by atoms with Crippen LogP contribution in [0.2, 0.25) is 0 Å². The number of aryl methyl sites for hydroxylation is 2. The third kappa shape index (κ3) is 7.22. The summed E-state index contributed by atoms with van der Waals surface area (Å²) < 4.78 is 17.1. The molecular weight excluding hydrogens is 448 g/mol. The summed E-state index contributed by atoms with van der Waals surface area (Å²) in [5.41, 5.74) is 2.91. The summed E-state index contributed by atoms with van der Waals surface area (Å²) in [5, 5.41) is 3.56. The minimum atomic E-state index is -0.0618. The molecule has 0 saturated carbocycles. The Bertz CT molecular complexity index is 1060. The molecule has 3 rings (SSSR count). The van der Waals surface area contributed by atoms with Crippen molar-refractivity contribution in [3.8, 4) is 28.5 Å². The van der Waals surface area contributed by atoms with Crippen LogP contribution in [0.4, 0.5) is 5.13 Å². The first-order chi connectivity index (χ1) is 16.5. The Morgan fingerprint density at radius 1 is 0.971 bits per heavy atom. The number of anilines is 1. The summed E-state index contributed by atoms with van der Waals surface area (Å²) >= 11 is 1.48. The van der Waals surface area contributed by atoms with Crippen LogP contribution in [0.1, 0.15) is 50.5 Å². The highest BCUT2D eigenvalue weighted by atomic mass is 32.1. The molecule has 1 N–H and O–H groups in total. The number of rotatable bonds is 13. The number of aromatic nitrogens is 1. The molecule has 0 atom stereocenters. The van der Waals surface area contributed by atoms with Crippen molar-refractivity contribution < 1.29 is 19.0 Å². The average molecular weight is 483 g/mol. The van der Waals surface area contributed by atoms with Gasteiger partial charge in [-0.2, -0.15) is 0 Å². The molecule has 182 valence electrons. The number of thiazole rings is 1. The van der Waals surface area contributed by atoms with Crippen LogP contribution in [0, 0.1) is 6.92 Å². The average Bonchev–Trinajstić information content (AvgIpc) is 3.19. The van der Waals surface area contributed by atoms with Crippen molar-refractivity contribution >= 4 is 22.4 Å². The summed E-state index contributed by atoms with van der Waals surface area (Å²) in [7, 11) is 0. The van der Waals surface area contributed by atoms with Gasteiger partial charge >= 0.3 is 0 Å². The maximum atomic E-state index is 12.6. The van der Waals surface area contributed by atoms with E-state index in [-0.39, 0.29) is 5.91 Å². The fourth-order valence-corrected chi connectivity index (χ4v) is 4.31.